The lowest BCUT2D eigenvalue weighted by atomic mass is 10.2. The second-order valence-electron chi connectivity index (χ2n) is 3.12. The van der Waals surface area contributed by atoms with Gasteiger partial charge in [-0.1, -0.05) is 0 Å². The summed E-state index contributed by atoms with van der Waals surface area (Å²) in [4.78, 5) is 22.8. The summed E-state index contributed by atoms with van der Waals surface area (Å²) in [6.07, 6.45) is -9.07. The van der Waals surface area contributed by atoms with E-state index in [1.54, 1.807) is 0 Å². The number of carbonyl (C=O) groups excluding carboxylic acids is 1. The van der Waals surface area contributed by atoms with Crippen molar-refractivity contribution in [3.05, 3.63) is 27.4 Å². The van der Waals surface area contributed by atoms with Crippen LogP contribution in [-0.2, 0) is 0 Å². The average Bonchev–Trinajstić information content (AvgIpc) is 2.25. The predicted molar refractivity (Wildman–Crippen MR) is 52.7 cm³/mol. The van der Waals surface area contributed by atoms with E-state index in [1.165, 1.54) is 0 Å². The van der Waals surface area contributed by atoms with Crippen LogP contribution < -0.4 is 4.74 Å². The van der Waals surface area contributed by atoms with E-state index in [4.69, 9.17) is 11.6 Å². The first kappa shape index (κ1) is 16.0. The molecule has 0 spiro atoms. The maximum atomic E-state index is 12.6. The number of nitrogens with zero attached hydrogens (tertiary/aromatic N) is 2. The van der Waals surface area contributed by atoms with Gasteiger partial charge in [-0.3, -0.25) is 4.79 Å². The molecule has 12 heteroatoms. The fourth-order valence-corrected chi connectivity index (χ4v) is 1.29. The van der Waals surface area contributed by atoms with Crippen molar-refractivity contribution in [3.8, 4) is 5.75 Å². The number of pyridine rings is 1. The first-order valence-corrected chi connectivity index (χ1v) is 4.83. The predicted octanol–water partition coefficient (Wildman–Crippen LogP) is 3.21. The van der Waals surface area contributed by atoms with E-state index in [0.29, 0.717) is 0 Å². The van der Waals surface area contributed by atoms with Crippen molar-refractivity contribution in [3.63, 3.8) is 0 Å². The molecule has 0 saturated carbocycles. The van der Waals surface area contributed by atoms with Crippen LogP contribution in [0.5, 0.6) is 5.75 Å². The van der Waals surface area contributed by atoms with Crippen molar-refractivity contribution in [1.82, 2.24) is 4.98 Å². The van der Waals surface area contributed by atoms with E-state index >= 15 is 0 Å². The van der Waals surface area contributed by atoms with Gasteiger partial charge >= 0.3 is 18.6 Å². The standard InChI is InChI=1S/C8H2ClF5N2O4/c9-6(17)2-1-3(16(18)19)15-4(7(10)11)5(2)20-8(12,13)14/h1,7H. The minimum atomic E-state index is -5.41. The first-order chi connectivity index (χ1) is 9.03. The third kappa shape index (κ3) is 3.73. The molecule has 0 aromatic carbocycles. The second-order valence-corrected chi connectivity index (χ2v) is 3.46. The zero-order chi connectivity index (χ0) is 15.7. The Kier molecular flexibility index (Phi) is 4.43. The van der Waals surface area contributed by atoms with E-state index in [-0.39, 0.29) is 6.07 Å². The molecule has 1 rings (SSSR count). The summed E-state index contributed by atoms with van der Waals surface area (Å²) >= 11 is 4.91. The largest absolute Gasteiger partial charge is 0.573 e. The van der Waals surface area contributed by atoms with Crippen LogP contribution in [0.15, 0.2) is 6.07 Å². The van der Waals surface area contributed by atoms with Crippen LogP contribution in [-0.4, -0.2) is 21.5 Å². The molecule has 0 atom stereocenters. The van der Waals surface area contributed by atoms with Gasteiger partial charge in [0.15, 0.2) is 5.75 Å². The molecule has 0 aliphatic carbocycles. The van der Waals surface area contributed by atoms with Crippen LogP contribution >= 0.6 is 11.6 Å². The molecule has 0 amide bonds. The van der Waals surface area contributed by atoms with E-state index in [2.05, 4.69) is 9.72 Å². The van der Waals surface area contributed by atoms with Crippen molar-refractivity contribution < 1.29 is 36.4 Å². The summed E-state index contributed by atoms with van der Waals surface area (Å²) in [5, 5.41) is 8.79. The molecule has 1 aromatic heterocycles. The Morgan fingerprint density at radius 3 is 2.35 bits per heavy atom. The lowest BCUT2D eigenvalue weighted by Gasteiger charge is -2.12. The number of alkyl halides is 5. The van der Waals surface area contributed by atoms with Crippen molar-refractivity contribution in [1.29, 1.82) is 0 Å². The topological polar surface area (TPSA) is 82.3 Å². The average molecular weight is 321 g/mol. The summed E-state index contributed by atoms with van der Waals surface area (Å²) in [5.41, 5.74) is -2.94. The zero-order valence-corrected chi connectivity index (χ0v) is 9.71. The molecule has 1 heterocycles. The molecule has 0 aliphatic rings. The summed E-state index contributed by atoms with van der Waals surface area (Å²) in [5.74, 6) is -2.93. The van der Waals surface area contributed by atoms with Crippen molar-refractivity contribution >= 4 is 22.7 Å². The monoisotopic (exact) mass is 320 g/mol. The summed E-state index contributed by atoms with van der Waals surface area (Å²) in [6, 6.07) is 0.211. The SMILES string of the molecule is O=C(Cl)c1cc([N+](=O)[O-])nc(C(F)F)c1OC(F)(F)F. The molecule has 0 saturated heterocycles. The second kappa shape index (κ2) is 5.53. The maximum absolute atomic E-state index is 12.6. The molecule has 110 valence electrons. The van der Waals surface area contributed by atoms with Crippen molar-refractivity contribution in [2.24, 2.45) is 0 Å². The minimum absolute atomic E-state index is 0.211. The Hall–Kier alpha value is -2.04. The van der Waals surface area contributed by atoms with Gasteiger partial charge in [0, 0.05) is 0 Å². The molecular weight excluding hydrogens is 319 g/mol. The van der Waals surface area contributed by atoms with Crippen LogP contribution in [0.4, 0.5) is 27.8 Å². The molecule has 0 radical (unpaired) electrons. The summed E-state index contributed by atoms with van der Waals surface area (Å²) < 4.78 is 64.8. The molecule has 6 nitrogen and oxygen atoms in total. The van der Waals surface area contributed by atoms with Gasteiger partial charge in [-0.05, 0) is 21.5 Å². The van der Waals surface area contributed by atoms with Gasteiger partial charge < -0.3 is 14.9 Å². The molecule has 0 N–H and O–H groups in total. The Labute approximate surface area is 111 Å². The highest BCUT2D eigenvalue weighted by molar-refractivity contribution is 6.68. The minimum Gasteiger partial charge on any atom is -0.400 e. The van der Waals surface area contributed by atoms with Crippen LogP contribution in [0.1, 0.15) is 22.5 Å². The Balaban J connectivity index is 3.59. The smallest absolute Gasteiger partial charge is 0.400 e. The number of hydrogen-bond acceptors (Lipinski definition) is 5. The summed E-state index contributed by atoms with van der Waals surface area (Å²) in [7, 11) is 0. The van der Waals surface area contributed by atoms with Crippen molar-refractivity contribution in [2.45, 2.75) is 12.8 Å². The van der Waals surface area contributed by atoms with E-state index in [9.17, 15) is 36.9 Å². The molecule has 0 bridgehead atoms. The normalized spacial score (nSPS) is 11.6. The van der Waals surface area contributed by atoms with Gasteiger partial charge in [0.2, 0.25) is 0 Å². The number of hydrogen-bond donors (Lipinski definition) is 0. The number of carbonyl (C=O) groups is 1. The molecular formula is C8H2ClF5N2O4. The number of nitro groups is 1. The highest BCUT2D eigenvalue weighted by Gasteiger charge is 2.39. The molecule has 0 aliphatic heterocycles. The highest BCUT2D eigenvalue weighted by Crippen LogP contribution is 2.37. The van der Waals surface area contributed by atoms with Crippen LogP contribution in [0.2, 0.25) is 0 Å². The van der Waals surface area contributed by atoms with Gasteiger partial charge in [0.05, 0.1) is 11.6 Å². The molecule has 1 aromatic rings. The van der Waals surface area contributed by atoms with E-state index in [0.717, 1.165) is 0 Å². The van der Waals surface area contributed by atoms with Crippen LogP contribution in [0.25, 0.3) is 0 Å². The fraction of sp³-hybridized carbons (Fsp3) is 0.250. The molecule has 0 fully saturated rings. The third-order valence-electron chi connectivity index (χ3n) is 1.81. The summed E-state index contributed by atoms with van der Waals surface area (Å²) in [6.45, 7) is 0. The van der Waals surface area contributed by atoms with Crippen LogP contribution in [0.3, 0.4) is 0 Å². The van der Waals surface area contributed by atoms with Gasteiger partial charge in [-0.2, -0.15) is 0 Å². The molecule has 20 heavy (non-hydrogen) atoms. The third-order valence-corrected chi connectivity index (χ3v) is 2.01. The van der Waals surface area contributed by atoms with Crippen LogP contribution in [0, 0.1) is 10.1 Å². The quantitative estimate of drug-likeness (QED) is 0.368. The molecule has 0 unspecified atom stereocenters. The first-order valence-electron chi connectivity index (χ1n) is 4.46. The highest BCUT2D eigenvalue weighted by atomic mass is 35.5. The zero-order valence-electron chi connectivity index (χ0n) is 8.95. The van der Waals surface area contributed by atoms with Crippen molar-refractivity contribution in [2.75, 3.05) is 0 Å². The maximum Gasteiger partial charge on any atom is 0.573 e. The van der Waals surface area contributed by atoms with Gasteiger partial charge in [0.1, 0.15) is 0 Å². The van der Waals surface area contributed by atoms with E-state index < -0.39 is 45.8 Å². The number of halogens is 6. The van der Waals surface area contributed by atoms with E-state index in [1.807, 2.05) is 0 Å². The number of rotatable bonds is 4. The van der Waals surface area contributed by atoms with Gasteiger partial charge in [-0.25, -0.2) is 8.78 Å². The van der Waals surface area contributed by atoms with Gasteiger partial charge in [0.25, 0.3) is 10.9 Å². The number of ether oxygens (including phenoxy) is 1. The fourth-order valence-electron chi connectivity index (χ4n) is 1.15. The Morgan fingerprint density at radius 1 is 1.45 bits per heavy atom. The lowest BCUT2D eigenvalue weighted by molar-refractivity contribution is -0.389. The lowest BCUT2D eigenvalue weighted by Crippen LogP contribution is -2.20. The Morgan fingerprint density at radius 2 is 2.00 bits per heavy atom. The van der Waals surface area contributed by atoms with Gasteiger partial charge in [-0.15, -0.1) is 13.2 Å². The number of aromatic nitrogens is 1. The Bertz CT molecular complexity index is 563.